The number of amides is 2. The van der Waals surface area contributed by atoms with Crippen LogP contribution < -0.4 is 11.1 Å². The summed E-state index contributed by atoms with van der Waals surface area (Å²) in [6, 6.07) is 14.2. The zero-order valence-electron chi connectivity index (χ0n) is 14.8. The number of hydrogen-bond donors (Lipinski definition) is 1. The van der Waals surface area contributed by atoms with Gasteiger partial charge in [-0.3, -0.25) is 14.2 Å². The Morgan fingerprint density at radius 2 is 1.89 bits per heavy atom. The van der Waals surface area contributed by atoms with Crippen molar-refractivity contribution in [2.75, 3.05) is 6.54 Å². The number of fused-ring (bicyclic) bond motifs is 2. The van der Waals surface area contributed by atoms with Crippen molar-refractivity contribution in [2.45, 2.75) is 26.1 Å². The number of nitrogens with zero attached hydrogens (tertiary/aromatic N) is 2. The number of carbonyl (C=O) groups excluding carboxylic acids is 2. The Labute approximate surface area is 155 Å². The van der Waals surface area contributed by atoms with Gasteiger partial charge in [0.2, 0.25) is 5.91 Å². The van der Waals surface area contributed by atoms with Crippen molar-refractivity contribution in [3.05, 3.63) is 70.2 Å². The lowest BCUT2D eigenvalue weighted by atomic mass is 10.1. The molecule has 1 N–H and O–H groups in total. The summed E-state index contributed by atoms with van der Waals surface area (Å²) in [5.41, 5.74) is 2.78. The highest BCUT2D eigenvalue weighted by Gasteiger charge is 2.28. The molecule has 2 heterocycles. The van der Waals surface area contributed by atoms with Crippen LogP contribution in [0.1, 0.15) is 22.8 Å². The monoisotopic (exact) mass is 365 g/mol. The molecule has 4 rings (SSSR count). The van der Waals surface area contributed by atoms with Gasteiger partial charge in [0.05, 0.1) is 5.52 Å². The molecule has 1 aromatic heterocycles. The van der Waals surface area contributed by atoms with Crippen LogP contribution in [0.2, 0.25) is 0 Å². The molecule has 7 nitrogen and oxygen atoms in total. The SMILES string of the molecule is C[C@H](Cn1c(=O)oc2ccccc21)NC(=O)CN1Cc2ccccc2C1=O. The van der Waals surface area contributed by atoms with Crippen LogP contribution in [0.4, 0.5) is 0 Å². The molecule has 2 aromatic carbocycles. The van der Waals surface area contributed by atoms with Gasteiger partial charge in [-0.25, -0.2) is 4.79 Å². The third kappa shape index (κ3) is 3.23. The summed E-state index contributed by atoms with van der Waals surface area (Å²) in [4.78, 5) is 38.3. The third-order valence-electron chi connectivity index (χ3n) is 4.67. The van der Waals surface area contributed by atoms with Crippen molar-refractivity contribution in [2.24, 2.45) is 0 Å². The first-order valence-electron chi connectivity index (χ1n) is 8.78. The lowest BCUT2D eigenvalue weighted by Crippen LogP contribution is -2.43. The summed E-state index contributed by atoms with van der Waals surface area (Å²) < 4.78 is 6.70. The summed E-state index contributed by atoms with van der Waals surface area (Å²) in [7, 11) is 0. The summed E-state index contributed by atoms with van der Waals surface area (Å²) in [5.74, 6) is -0.850. The normalized spacial score (nSPS) is 14.4. The molecule has 0 spiro atoms. The minimum Gasteiger partial charge on any atom is -0.408 e. The van der Waals surface area contributed by atoms with Crippen LogP contribution in [0.25, 0.3) is 11.1 Å². The maximum atomic E-state index is 12.4. The van der Waals surface area contributed by atoms with E-state index in [1.165, 1.54) is 9.47 Å². The van der Waals surface area contributed by atoms with Gasteiger partial charge in [-0.05, 0) is 30.7 Å². The number of hydrogen-bond acceptors (Lipinski definition) is 4. The second-order valence-corrected chi connectivity index (χ2v) is 6.73. The lowest BCUT2D eigenvalue weighted by Gasteiger charge is -2.18. The number of aromatic nitrogens is 1. The average molecular weight is 365 g/mol. The van der Waals surface area contributed by atoms with E-state index in [1.54, 1.807) is 24.3 Å². The largest absolute Gasteiger partial charge is 0.420 e. The van der Waals surface area contributed by atoms with E-state index in [-0.39, 0.29) is 30.9 Å². The minimum atomic E-state index is -0.456. The molecule has 0 fully saturated rings. The fraction of sp³-hybridized carbons (Fsp3) is 0.250. The van der Waals surface area contributed by atoms with E-state index in [9.17, 15) is 14.4 Å². The van der Waals surface area contributed by atoms with E-state index in [0.29, 0.717) is 23.2 Å². The standard InChI is InChI=1S/C20H19N3O4/c1-13(10-23-16-8-4-5-9-17(16)27-20(23)26)21-18(24)12-22-11-14-6-2-3-7-15(14)19(22)25/h2-9,13H,10-12H2,1H3,(H,21,24)/t13-/m1/s1. The predicted octanol–water partition coefficient (Wildman–Crippen LogP) is 1.76. The topological polar surface area (TPSA) is 84.6 Å². The van der Waals surface area contributed by atoms with Crippen LogP contribution >= 0.6 is 0 Å². The summed E-state index contributed by atoms with van der Waals surface area (Å²) in [6.45, 7) is 2.52. The Bertz CT molecular complexity index is 1080. The predicted molar refractivity (Wildman–Crippen MR) is 99.3 cm³/mol. The number of carbonyl (C=O) groups is 2. The molecule has 0 radical (unpaired) electrons. The fourth-order valence-electron chi connectivity index (χ4n) is 3.44. The van der Waals surface area contributed by atoms with E-state index in [2.05, 4.69) is 5.32 Å². The molecule has 0 unspecified atom stereocenters. The van der Waals surface area contributed by atoms with E-state index in [4.69, 9.17) is 4.42 Å². The second-order valence-electron chi connectivity index (χ2n) is 6.73. The Hall–Kier alpha value is -3.35. The fourth-order valence-corrected chi connectivity index (χ4v) is 3.44. The molecule has 3 aromatic rings. The summed E-state index contributed by atoms with van der Waals surface area (Å²) >= 11 is 0. The molecular formula is C20H19N3O4. The van der Waals surface area contributed by atoms with E-state index >= 15 is 0 Å². The number of nitrogens with one attached hydrogen (secondary N) is 1. The van der Waals surface area contributed by atoms with Gasteiger partial charge < -0.3 is 14.6 Å². The van der Waals surface area contributed by atoms with Crippen molar-refractivity contribution in [1.29, 1.82) is 0 Å². The van der Waals surface area contributed by atoms with Crippen LogP contribution in [0, 0.1) is 0 Å². The van der Waals surface area contributed by atoms with Gasteiger partial charge in [-0.15, -0.1) is 0 Å². The molecule has 1 atom stereocenters. The Kier molecular flexibility index (Phi) is 4.27. The molecular weight excluding hydrogens is 346 g/mol. The first kappa shape index (κ1) is 17.1. The summed E-state index contributed by atoms with van der Waals surface area (Å²) in [6.07, 6.45) is 0. The first-order valence-corrected chi connectivity index (χ1v) is 8.78. The minimum absolute atomic E-state index is 0.0150. The quantitative estimate of drug-likeness (QED) is 0.747. The average Bonchev–Trinajstić information content (AvgIpc) is 3.12. The highest BCUT2D eigenvalue weighted by Crippen LogP contribution is 2.21. The highest BCUT2D eigenvalue weighted by molar-refractivity contribution is 6.00. The maximum Gasteiger partial charge on any atom is 0.420 e. The molecule has 138 valence electrons. The van der Waals surface area contributed by atoms with E-state index in [0.717, 1.165) is 5.56 Å². The third-order valence-corrected chi connectivity index (χ3v) is 4.67. The zero-order chi connectivity index (χ0) is 19.0. The van der Waals surface area contributed by atoms with Gasteiger partial charge in [0.25, 0.3) is 5.91 Å². The first-order chi connectivity index (χ1) is 13.0. The van der Waals surface area contributed by atoms with Crippen molar-refractivity contribution in [1.82, 2.24) is 14.8 Å². The Balaban J connectivity index is 1.39. The maximum absolute atomic E-state index is 12.4. The molecule has 0 aliphatic carbocycles. The van der Waals surface area contributed by atoms with Gasteiger partial charge >= 0.3 is 5.76 Å². The number of rotatable bonds is 5. The molecule has 1 aliphatic rings. The van der Waals surface area contributed by atoms with Crippen molar-refractivity contribution in [3.63, 3.8) is 0 Å². The van der Waals surface area contributed by atoms with Crippen LogP contribution in [-0.2, 0) is 17.9 Å². The molecule has 0 bridgehead atoms. The van der Waals surface area contributed by atoms with Crippen LogP contribution in [0.3, 0.4) is 0 Å². The van der Waals surface area contributed by atoms with Crippen LogP contribution in [-0.4, -0.2) is 33.9 Å². The van der Waals surface area contributed by atoms with E-state index in [1.807, 2.05) is 31.2 Å². The van der Waals surface area contributed by atoms with Gasteiger partial charge in [0, 0.05) is 24.7 Å². The van der Waals surface area contributed by atoms with Crippen molar-refractivity contribution in [3.8, 4) is 0 Å². The van der Waals surface area contributed by atoms with Crippen molar-refractivity contribution < 1.29 is 14.0 Å². The van der Waals surface area contributed by atoms with Crippen LogP contribution in [0.5, 0.6) is 0 Å². The number of para-hydroxylation sites is 2. The molecule has 2 amide bonds. The zero-order valence-corrected chi connectivity index (χ0v) is 14.8. The number of oxazole rings is 1. The van der Waals surface area contributed by atoms with Gasteiger partial charge in [0.15, 0.2) is 5.58 Å². The Morgan fingerprint density at radius 1 is 1.15 bits per heavy atom. The van der Waals surface area contributed by atoms with Gasteiger partial charge in [0.1, 0.15) is 6.54 Å². The Morgan fingerprint density at radius 3 is 2.70 bits per heavy atom. The van der Waals surface area contributed by atoms with Gasteiger partial charge in [-0.1, -0.05) is 30.3 Å². The number of benzene rings is 2. The highest BCUT2D eigenvalue weighted by atomic mass is 16.4. The van der Waals surface area contributed by atoms with E-state index < -0.39 is 5.76 Å². The molecule has 0 saturated carbocycles. The molecule has 0 saturated heterocycles. The molecule has 7 heteroatoms. The van der Waals surface area contributed by atoms with Crippen molar-refractivity contribution >= 4 is 22.9 Å². The van der Waals surface area contributed by atoms with Gasteiger partial charge in [-0.2, -0.15) is 0 Å². The second kappa shape index (κ2) is 6.75. The smallest absolute Gasteiger partial charge is 0.408 e. The van der Waals surface area contributed by atoms with Crippen LogP contribution in [0.15, 0.2) is 57.7 Å². The summed E-state index contributed by atoms with van der Waals surface area (Å²) in [5, 5.41) is 2.85. The lowest BCUT2D eigenvalue weighted by molar-refractivity contribution is -0.122. The molecule has 27 heavy (non-hydrogen) atoms. The molecule has 1 aliphatic heterocycles.